The maximum Gasteiger partial charge on any atom is 0.128 e. The van der Waals surface area contributed by atoms with Gasteiger partial charge in [-0.3, -0.25) is 4.90 Å². The molecule has 4 nitrogen and oxygen atoms in total. The van der Waals surface area contributed by atoms with Gasteiger partial charge in [-0.15, -0.1) is 0 Å². The van der Waals surface area contributed by atoms with Crippen molar-refractivity contribution >= 4 is 5.82 Å². The number of pyridine rings is 1. The van der Waals surface area contributed by atoms with Crippen molar-refractivity contribution in [2.24, 2.45) is 11.7 Å². The molecular formula is C16H26N4. The second kappa shape index (κ2) is 5.70. The van der Waals surface area contributed by atoms with E-state index in [4.69, 9.17) is 5.73 Å². The Hall–Kier alpha value is -1.13. The molecule has 0 aromatic carbocycles. The zero-order chi connectivity index (χ0) is 14.0. The largest absolute Gasteiger partial charge is 0.354 e. The lowest BCUT2D eigenvalue weighted by atomic mass is 9.86. The number of rotatable bonds is 3. The molecule has 1 saturated heterocycles. The molecule has 110 valence electrons. The molecule has 2 fully saturated rings. The molecule has 4 heteroatoms. The monoisotopic (exact) mass is 274 g/mol. The number of nitrogens with two attached hydrogens (primary N) is 1. The fourth-order valence-corrected chi connectivity index (χ4v) is 4.05. The van der Waals surface area contributed by atoms with E-state index in [1.807, 2.05) is 12.3 Å². The van der Waals surface area contributed by atoms with Gasteiger partial charge in [0.15, 0.2) is 0 Å². The van der Waals surface area contributed by atoms with Crippen LogP contribution in [0.25, 0.3) is 0 Å². The van der Waals surface area contributed by atoms with Crippen LogP contribution in [-0.4, -0.2) is 48.1 Å². The SMILES string of the molecule is CC1CCCC1(CN)N1CCN(c2ccccn2)CC1. The summed E-state index contributed by atoms with van der Waals surface area (Å²) in [6.07, 6.45) is 5.81. The van der Waals surface area contributed by atoms with E-state index in [9.17, 15) is 0 Å². The van der Waals surface area contributed by atoms with Gasteiger partial charge < -0.3 is 10.6 Å². The van der Waals surface area contributed by atoms with Crippen molar-refractivity contribution < 1.29 is 0 Å². The third kappa shape index (κ3) is 2.31. The predicted molar refractivity (Wildman–Crippen MR) is 82.8 cm³/mol. The lowest BCUT2D eigenvalue weighted by Crippen LogP contribution is -2.61. The van der Waals surface area contributed by atoms with Crippen LogP contribution < -0.4 is 10.6 Å². The van der Waals surface area contributed by atoms with E-state index in [1.54, 1.807) is 0 Å². The molecule has 2 N–H and O–H groups in total. The van der Waals surface area contributed by atoms with E-state index in [0.29, 0.717) is 0 Å². The van der Waals surface area contributed by atoms with Crippen LogP contribution in [0.3, 0.4) is 0 Å². The molecule has 0 spiro atoms. The first kappa shape index (κ1) is 13.8. The van der Waals surface area contributed by atoms with Crippen LogP contribution in [0.1, 0.15) is 26.2 Å². The van der Waals surface area contributed by atoms with E-state index >= 15 is 0 Å². The Morgan fingerprint density at radius 2 is 2.10 bits per heavy atom. The third-order valence-corrected chi connectivity index (χ3v) is 5.40. The van der Waals surface area contributed by atoms with Crippen LogP contribution in [0.15, 0.2) is 24.4 Å². The Labute approximate surface area is 122 Å². The van der Waals surface area contributed by atoms with Crippen molar-refractivity contribution in [1.29, 1.82) is 0 Å². The molecule has 0 radical (unpaired) electrons. The second-order valence-corrected chi connectivity index (χ2v) is 6.26. The molecule has 1 aliphatic heterocycles. The molecule has 1 aliphatic carbocycles. The van der Waals surface area contributed by atoms with Crippen LogP contribution in [0.4, 0.5) is 5.82 Å². The van der Waals surface area contributed by atoms with Gasteiger partial charge >= 0.3 is 0 Å². The Bertz CT molecular complexity index is 427. The van der Waals surface area contributed by atoms with Crippen molar-refractivity contribution in [2.45, 2.75) is 31.7 Å². The van der Waals surface area contributed by atoms with Gasteiger partial charge in [-0.2, -0.15) is 0 Å². The highest BCUT2D eigenvalue weighted by Crippen LogP contribution is 2.40. The van der Waals surface area contributed by atoms with E-state index < -0.39 is 0 Å². The predicted octanol–water partition coefficient (Wildman–Crippen LogP) is 1.72. The Morgan fingerprint density at radius 3 is 2.65 bits per heavy atom. The quantitative estimate of drug-likeness (QED) is 0.911. The number of piperazine rings is 1. The van der Waals surface area contributed by atoms with Gasteiger partial charge in [0.05, 0.1) is 0 Å². The summed E-state index contributed by atoms with van der Waals surface area (Å²) in [6, 6.07) is 6.14. The van der Waals surface area contributed by atoms with Crippen LogP contribution in [0.5, 0.6) is 0 Å². The summed E-state index contributed by atoms with van der Waals surface area (Å²) >= 11 is 0. The van der Waals surface area contributed by atoms with E-state index in [-0.39, 0.29) is 5.54 Å². The summed E-state index contributed by atoms with van der Waals surface area (Å²) in [6.45, 7) is 7.52. The van der Waals surface area contributed by atoms with Crippen molar-refractivity contribution in [1.82, 2.24) is 9.88 Å². The molecule has 2 atom stereocenters. The molecule has 2 aliphatic rings. The maximum atomic E-state index is 6.17. The summed E-state index contributed by atoms with van der Waals surface area (Å²) < 4.78 is 0. The van der Waals surface area contributed by atoms with Crippen LogP contribution in [0, 0.1) is 5.92 Å². The Kier molecular flexibility index (Phi) is 3.94. The molecule has 2 heterocycles. The first-order valence-electron chi connectivity index (χ1n) is 7.87. The van der Waals surface area contributed by atoms with Crippen molar-refractivity contribution in [3.05, 3.63) is 24.4 Å². The molecule has 3 rings (SSSR count). The summed E-state index contributed by atoms with van der Waals surface area (Å²) in [5, 5.41) is 0. The minimum absolute atomic E-state index is 0.260. The van der Waals surface area contributed by atoms with E-state index in [2.05, 4.69) is 33.8 Å². The lowest BCUT2D eigenvalue weighted by Gasteiger charge is -2.48. The fourth-order valence-electron chi connectivity index (χ4n) is 4.05. The first-order chi connectivity index (χ1) is 9.76. The highest BCUT2D eigenvalue weighted by Gasteiger charge is 2.44. The van der Waals surface area contributed by atoms with Gasteiger partial charge in [0, 0.05) is 44.5 Å². The zero-order valence-corrected chi connectivity index (χ0v) is 12.5. The smallest absolute Gasteiger partial charge is 0.128 e. The highest BCUT2D eigenvalue weighted by molar-refractivity contribution is 5.38. The summed E-state index contributed by atoms with van der Waals surface area (Å²) in [4.78, 5) is 9.51. The lowest BCUT2D eigenvalue weighted by molar-refractivity contribution is 0.0581. The molecular weight excluding hydrogens is 248 g/mol. The Balaban J connectivity index is 1.66. The first-order valence-corrected chi connectivity index (χ1v) is 7.87. The molecule has 20 heavy (non-hydrogen) atoms. The number of anilines is 1. The topological polar surface area (TPSA) is 45.4 Å². The number of hydrogen-bond acceptors (Lipinski definition) is 4. The second-order valence-electron chi connectivity index (χ2n) is 6.26. The molecule has 2 unspecified atom stereocenters. The minimum Gasteiger partial charge on any atom is -0.354 e. The van der Waals surface area contributed by atoms with Gasteiger partial charge in [-0.25, -0.2) is 4.98 Å². The van der Waals surface area contributed by atoms with Gasteiger partial charge in [0.2, 0.25) is 0 Å². The fraction of sp³-hybridized carbons (Fsp3) is 0.688. The zero-order valence-electron chi connectivity index (χ0n) is 12.5. The van der Waals surface area contributed by atoms with Crippen LogP contribution in [-0.2, 0) is 0 Å². The average molecular weight is 274 g/mol. The highest BCUT2D eigenvalue weighted by atomic mass is 15.3. The molecule has 1 aromatic rings. The van der Waals surface area contributed by atoms with Gasteiger partial charge in [-0.1, -0.05) is 19.4 Å². The average Bonchev–Trinajstić information content (AvgIpc) is 2.90. The summed E-state index contributed by atoms with van der Waals surface area (Å²) in [5.41, 5.74) is 6.43. The molecule has 1 saturated carbocycles. The summed E-state index contributed by atoms with van der Waals surface area (Å²) in [7, 11) is 0. The van der Waals surface area contributed by atoms with Gasteiger partial charge in [0.1, 0.15) is 5.82 Å². The maximum absolute atomic E-state index is 6.17. The van der Waals surface area contributed by atoms with Crippen LogP contribution >= 0.6 is 0 Å². The van der Waals surface area contributed by atoms with Crippen molar-refractivity contribution in [3.63, 3.8) is 0 Å². The normalized spacial score (nSPS) is 31.7. The molecule has 0 bridgehead atoms. The van der Waals surface area contributed by atoms with Gasteiger partial charge in [0.25, 0.3) is 0 Å². The van der Waals surface area contributed by atoms with E-state index in [1.165, 1.54) is 19.3 Å². The number of nitrogens with zero attached hydrogens (tertiary/aromatic N) is 3. The standard InChI is InChI=1S/C16H26N4/c1-14-5-4-7-16(14,13-17)20-11-9-19(10-12-20)15-6-2-3-8-18-15/h2-3,6,8,14H,4-5,7,9-13,17H2,1H3. The minimum atomic E-state index is 0.260. The summed E-state index contributed by atoms with van der Waals surface area (Å²) in [5.74, 6) is 1.84. The molecule has 0 amide bonds. The van der Waals surface area contributed by atoms with E-state index in [0.717, 1.165) is 44.5 Å². The van der Waals surface area contributed by atoms with Crippen LogP contribution in [0.2, 0.25) is 0 Å². The number of aromatic nitrogens is 1. The third-order valence-electron chi connectivity index (χ3n) is 5.40. The van der Waals surface area contributed by atoms with Gasteiger partial charge in [-0.05, 0) is 30.9 Å². The van der Waals surface area contributed by atoms with Crippen molar-refractivity contribution in [3.8, 4) is 0 Å². The molecule has 1 aromatic heterocycles. The Morgan fingerprint density at radius 1 is 1.30 bits per heavy atom. The van der Waals surface area contributed by atoms with Crippen molar-refractivity contribution in [2.75, 3.05) is 37.6 Å². The number of hydrogen-bond donors (Lipinski definition) is 1.